The van der Waals surface area contributed by atoms with Gasteiger partial charge in [-0.2, -0.15) is 5.10 Å². The van der Waals surface area contributed by atoms with Gasteiger partial charge in [-0.25, -0.2) is 4.79 Å². The number of hydrogen-bond donors (Lipinski definition) is 1. The van der Waals surface area contributed by atoms with E-state index in [1.165, 1.54) is 18.2 Å². The molecule has 1 N–H and O–H groups in total. The summed E-state index contributed by atoms with van der Waals surface area (Å²) in [6.45, 7) is 3.20. The zero-order valence-electron chi connectivity index (χ0n) is 12.8. The molecular formula is C15H15Cl2N3O3. The Balaban J connectivity index is 1.96. The lowest BCUT2D eigenvalue weighted by atomic mass is 10.2. The number of rotatable bonds is 4. The fraction of sp³-hybridized carbons (Fsp3) is 0.267. The Morgan fingerprint density at radius 2 is 1.96 bits per heavy atom. The summed E-state index contributed by atoms with van der Waals surface area (Å²) >= 11 is 11.6. The Kier molecular flexibility index (Phi) is 5.28. The molecule has 0 radical (unpaired) electrons. The largest absolute Gasteiger partial charge is 0.452 e. The summed E-state index contributed by atoms with van der Waals surface area (Å²) in [6, 6.07) is 4.35. The number of amides is 1. The molecule has 2 rings (SSSR count). The van der Waals surface area contributed by atoms with Crippen LogP contribution in [0, 0.1) is 13.8 Å². The minimum Gasteiger partial charge on any atom is -0.452 e. The second-order valence-corrected chi connectivity index (χ2v) is 5.74. The van der Waals surface area contributed by atoms with E-state index in [1.54, 1.807) is 18.7 Å². The molecule has 0 aliphatic heterocycles. The number of carbonyl (C=O) groups is 2. The number of benzene rings is 1. The molecule has 2 aromatic rings. The van der Waals surface area contributed by atoms with Gasteiger partial charge in [-0.05, 0) is 32.0 Å². The Morgan fingerprint density at radius 1 is 1.26 bits per heavy atom. The van der Waals surface area contributed by atoms with E-state index in [1.807, 2.05) is 6.92 Å². The predicted octanol–water partition coefficient (Wildman–Crippen LogP) is 3.14. The van der Waals surface area contributed by atoms with Crippen LogP contribution >= 0.6 is 23.2 Å². The van der Waals surface area contributed by atoms with Crippen LogP contribution in [0.4, 0.5) is 5.69 Å². The maximum Gasteiger partial charge on any atom is 0.338 e. The van der Waals surface area contributed by atoms with Crippen molar-refractivity contribution in [3.8, 4) is 0 Å². The number of nitrogens with one attached hydrogen (secondary N) is 1. The van der Waals surface area contributed by atoms with Crippen molar-refractivity contribution in [1.82, 2.24) is 9.78 Å². The van der Waals surface area contributed by atoms with Crippen LogP contribution in [-0.2, 0) is 16.6 Å². The van der Waals surface area contributed by atoms with Gasteiger partial charge in [0.15, 0.2) is 6.61 Å². The van der Waals surface area contributed by atoms with Crippen LogP contribution < -0.4 is 5.32 Å². The van der Waals surface area contributed by atoms with Crippen molar-refractivity contribution < 1.29 is 14.3 Å². The van der Waals surface area contributed by atoms with Crippen LogP contribution in [0.2, 0.25) is 10.0 Å². The van der Waals surface area contributed by atoms with Gasteiger partial charge in [-0.15, -0.1) is 0 Å². The number of anilines is 1. The molecule has 0 spiro atoms. The first-order chi connectivity index (χ1) is 10.8. The molecule has 1 amide bonds. The normalized spacial score (nSPS) is 10.5. The van der Waals surface area contributed by atoms with Gasteiger partial charge in [-0.1, -0.05) is 23.2 Å². The highest BCUT2D eigenvalue weighted by Crippen LogP contribution is 2.23. The van der Waals surface area contributed by atoms with E-state index in [0.717, 1.165) is 5.69 Å². The number of carbonyl (C=O) groups excluding carboxylic acids is 2. The third-order valence-corrected chi connectivity index (χ3v) is 4.00. The molecule has 1 heterocycles. The zero-order valence-corrected chi connectivity index (χ0v) is 14.3. The Labute approximate surface area is 143 Å². The maximum absolute atomic E-state index is 11.9. The molecule has 0 bridgehead atoms. The summed E-state index contributed by atoms with van der Waals surface area (Å²) in [5.41, 5.74) is 2.34. The number of ether oxygens (including phenoxy) is 1. The third kappa shape index (κ3) is 4.03. The van der Waals surface area contributed by atoms with Gasteiger partial charge >= 0.3 is 5.97 Å². The van der Waals surface area contributed by atoms with Crippen molar-refractivity contribution in [1.29, 1.82) is 0 Å². The number of aryl methyl sites for hydroxylation is 2. The lowest BCUT2D eigenvalue weighted by Crippen LogP contribution is -2.21. The molecule has 0 aliphatic carbocycles. The minimum absolute atomic E-state index is 0.223. The fourth-order valence-corrected chi connectivity index (χ4v) is 2.27. The summed E-state index contributed by atoms with van der Waals surface area (Å²) < 4.78 is 6.62. The number of aromatic nitrogens is 2. The van der Waals surface area contributed by atoms with Crippen molar-refractivity contribution in [3.63, 3.8) is 0 Å². The molecule has 23 heavy (non-hydrogen) atoms. The molecular weight excluding hydrogens is 341 g/mol. The van der Waals surface area contributed by atoms with E-state index >= 15 is 0 Å². The van der Waals surface area contributed by atoms with Gasteiger partial charge in [0, 0.05) is 7.05 Å². The zero-order chi connectivity index (χ0) is 17.1. The monoisotopic (exact) mass is 355 g/mol. The Morgan fingerprint density at radius 3 is 2.52 bits per heavy atom. The summed E-state index contributed by atoms with van der Waals surface area (Å²) in [7, 11) is 1.78. The molecule has 0 saturated carbocycles. The molecule has 1 aromatic heterocycles. The smallest absolute Gasteiger partial charge is 0.338 e. The van der Waals surface area contributed by atoms with Crippen LogP contribution in [-0.4, -0.2) is 28.3 Å². The van der Waals surface area contributed by atoms with Crippen molar-refractivity contribution >= 4 is 40.8 Å². The van der Waals surface area contributed by atoms with Crippen LogP contribution in [0.15, 0.2) is 18.2 Å². The molecule has 6 nitrogen and oxygen atoms in total. The van der Waals surface area contributed by atoms with Crippen molar-refractivity contribution in [2.45, 2.75) is 13.8 Å². The molecule has 8 heteroatoms. The fourth-order valence-electron chi connectivity index (χ4n) is 1.97. The van der Waals surface area contributed by atoms with Gasteiger partial charge in [0.05, 0.1) is 32.7 Å². The highest BCUT2D eigenvalue weighted by atomic mass is 35.5. The Bertz CT molecular complexity index is 772. The van der Waals surface area contributed by atoms with E-state index in [9.17, 15) is 9.59 Å². The first-order valence-corrected chi connectivity index (χ1v) is 7.47. The minimum atomic E-state index is -0.654. The van der Waals surface area contributed by atoms with Gasteiger partial charge in [0.1, 0.15) is 0 Å². The Hall–Kier alpha value is -2.05. The molecule has 0 aliphatic rings. The highest BCUT2D eigenvalue weighted by Gasteiger charge is 2.15. The van der Waals surface area contributed by atoms with Gasteiger partial charge in [0.25, 0.3) is 5.91 Å². The summed E-state index contributed by atoms with van der Waals surface area (Å²) in [4.78, 5) is 23.8. The molecule has 0 saturated heterocycles. The number of hydrogen-bond acceptors (Lipinski definition) is 4. The van der Waals surface area contributed by atoms with Crippen LogP contribution in [0.5, 0.6) is 0 Å². The van der Waals surface area contributed by atoms with Crippen molar-refractivity contribution in [3.05, 3.63) is 45.2 Å². The van der Waals surface area contributed by atoms with E-state index in [0.29, 0.717) is 16.4 Å². The topological polar surface area (TPSA) is 73.2 Å². The SMILES string of the molecule is Cc1nn(C)c(C)c1NC(=O)COC(=O)c1ccc(Cl)c(Cl)c1. The summed E-state index contributed by atoms with van der Waals surface area (Å²) in [6.07, 6.45) is 0. The second-order valence-electron chi connectivity index (χ2n) is 4.92. The van der Waals surface area contributed by atoms with Crippen LogP contribution in [0.3, 0.4) is 0 Å². The average Bonchev–Trinajstić information content (AvgIpc) is 2.74. The lowest BCUT2D eigenvalue weighted by Gasteiger charge is -2.07. The van der Waals surface area contributed by atoms with E-state index in [4.69, 9.17) is 27.9 Å². The summed E-state index contributed by atoms with van der Waals surface area (Å²) in [5.74, 6) is -1.10. The quantitative estimate of drug-likeness (QED) is 0.855. The molecule has 0 unspecified atom stereocenters. The second kappa shape index (κ2) is 7.02. The number of halogens is 2. The molecule has 0 fully saturated rings. The van der Waals surface area contributed by atoms with Crippen LogP contribution in [0.25, 0.3) is 0 Å². The lowest BCUT2D eigenvalue weighted by molar-refractivity contribution is -0.119. The van der Waals surface area contributed by atoms with Crippen LogP contribution in [0.1, 0.15) is 21.7 Å². The maximum atomic E-state index is 11.9. The van der Waals surface area contributed by atoms with Gasteiger partial charge in [0.2, 0.25) is 0 Å². The van der Waals surface area contributed by atoms with Crippen molar-refractivity contribution in [2.24, 2.45) is 7.05 Å². The van der Waals surface area contributed by atoms with Gasteiger partial charge in [-0.3, -0.25) is 9.48 Å². The van der Waals surface area contributed by atoms with E-state index in [2.05, 4.69) is 10.4 Å². The van der Waals surface area contributed by atoms with E-state index in [-0.39, 0.29) is 10.6 Å². The standard InChI is InChI=1S/C15H15Cl2N3O3/c1-8-14(9(2)20(3)19-8)18-13(21)7-23-15(22)10-4-5-11(16)12(17)6-10/h4-6H,7H2,1-3H3,(H,18,21). The predicted molar refractivity (Wildman–Crippen MR) is 88.1 cm³/mol. The number of nitrogens with zero attached hydrogens (tertiary/aromatic N) is 2. The molecule has 1 aromatic carbocycles. The van der Waals surface area contributed by atoms with E-state index < -0.39 is 18.5 Å². The first kappa shape index (κ1) is 17.3. The number of esters is 1. The third-order valence-electron chi connectivity index (χ3n) is 3.26. The molecule has 0 atom stereocenters. The molecule has 122 valence electrons. The first-order valence-electron chi connectivity index (χ1n) is 6.72. The van der Waals surface area contributed by atoms with Gasteiger partial charge < -0.3 is 10.1 Å². The van der Waals surface area contributed by atoms with Crippen molar-refractivity contribution in [2.75, 3.05) is 11.9 Å². The highest BCUT2D eigenvalue weighted by molar-refractivity contribution is 6.42. The average molecular weight is 356 g/mol. The summed E-state index contributed by atoms with van der Waals surface area (Å²) in [5, 5.41) is 7.45.